The number of ether oxygens (including phenoxy) is 1. The Kier molecular flexibility index (Phi) is 4.81. The highest BCUT2D eigenvalue weighted by Crippen LogP contribution is 2.49. The summed E-state index contributed by atoms with van der Waals surface area (Å²) in [6.45, 7) is 8.02. The molecule has 0 spiro atoms. The van der Waals surface area contributed by atoms with Crippen LogP contribution >= 0.6 is 23.2 Å². The molecule has 148 valence electrons. The maximum Gasteiger partial charge on any atom is 0.127 e. The Labute approximate surface area is 177 Å². The van der Waals surface area contributed by atoms with Gasteiger partial charge >= 0.3 is 0 Å². The molecule has 1 saturated carbocycles. The van der Waals surface area contributed by atoms with Crippen molar-refractivity contribution in [3.05, 3.63) is 63.3 Å². The van der Waals surface area contributed by atoms with Gasteiger partial charge in [-0.05, 0) is 81.3 Å². The molecule has 1 heterocycles. The Hall–Kier alpha value is -1.48. The summed E-state index contributed by atoms with van der Waals surface area (Å²) in [5.41, 5.74) is 4.32. The molecule has 1 N–H and O–H groups in total. The van der Waals surface area contributed by atoms with E-state index >= 15 is 0 Å². The van der Waals surface area contributed by atoms with E-state index in [9.17, 15) is 5.11 Å². The zero-order chi connectivity index (χ0) is 20.3. The molecule has 0 amide bonds. The summed E-state index contributed by atoms with van der Waals surface area (Å²) < 4.78 is 6.14. The van der Waals surface area contributed by atoms with E-state index in [-0.39, 0.29) is 5.60 Å². The maximum atomic E-state index is 11.1. The molecule has 1 aliphatic heterocycles. The minimum absolute atomic E-state index is 0.327. The maximum absolute atomic E-state index is 11.1. The Morgan fingerprint density at radius 3 is 2.32 bits per heavy atom. The van der Waals surface area contributed by atoms with E-state index in [1.165, 1.54) is 18.4 Å². The first kappa shape index (κ1) is 19.8. The average Bonchev–Trinajstić information content (AvgIpc) is 3.42. The van der Waals surface area contributed by atoms with Crippen molar-refractivity contribution < 1.29 is 9.84 Å². The molecule has 0 bridgehead atoms. The molecular formula is C24H26Cl2O2. The Morgan fingerprint density at radius 1 is 0.964 bits per heavy atom. The molecule has 2 nitrogen and oxygen atoms in total. The van der Waals surface area contributed by atoms with Gasteiger partial charge in [-0.15, -0.1) is 0 Å². The van der Waals surface area contributed by atoms with E-state index in [4.69, 9.17) is 27.9 Å². The van der Waals surface area contributed by atoms with Gasteiger partial charge < -0.3 is 9.84 Å². The van der Waals surface area contributed by atoms with Crippen molar-refractivity contribution in [3.63, 3.8) is 0 Å². The van der Waals surface area contributed by atoms with Crippen molar-refractivity contribution >= 4 is 28.8 Å². The van der Waals surface area contributed by atoms with Gasteiger partial charge in [0, 0.05) is 27.6 Å². The molecule has 28 heavy (non-hydrogen) atoms. The van der Waals surface area contributed by atoms with Crippen LogP contribution in [0.2, 0.25) is 10.0 Å². The van der Waals surface area contributed by atoms with Gasteiger partial charge in [0.05, 0.1) is 5.60 Å². The Morgan fingerprint density at radius 2 is 1.68 bits per heavy atom. The van der Waals surface area contributed by atoms with Gasteiger partial charge in [-0.2, -0.15) is 0 Å². The molecule has 2 aliphatic rings. The fourth-order valence-corrected chi connectivity index (χ4v) is 4.85. The molecule has 0 saturated heterocycles. The van der Waals surface area contributed by atoms with Crippen LogP contribution in [0.3, 0.4) is 0 Å². The average molecular weight is 417 g/mol. The van der Waals surface area contributed by atoms with Crippen LogP contribution in [0.25, 0.3) is 16.7 Å². The lowest BCUT2D eigenvalue weighted by molar-refractivity contribution is -0.124. The monoisotopic (exact) mass is 416 g/mol. The predicted octanol–water partition coefficient (Wildman–Crippen LogP) is 7.78. The first-order chi connectivity index (χ1) is 13.1. The smallest absolute Gasteiger partial charge is 0.127 e. The molecule has 0 aromatic heterocycles. The summed E-state index contributed by atoms with van der Waals surface area (Å²) in [4.78, 5) is 0. The number of hydrogen-bond donors (Lipinski definition) is 1. The molecule has 1 fully saturated rings. The number of hydrogen-bond acceptors (Lipinski definition) is 2. The standard InChI is InChI=1S/C24H26Cl2O2/c1-23(2)13-20(22(27)24(3,4)28-23)19-11-15(7-9-17(19)14-5-6-14)18-10-8-16(25)12-21(18)26/h7-12,14,27H,5-6,13H2,1-4H3. The Bertz CT molecular complexity index is 969. The van der Waals surface area contributed by atoms with Crippen LogP contribution in [0.1, 0.15) is 64.0 Å². The topological polar surface area (TPSA) is 29.5 Å². The van der Waals surface area contributed by atoms with Crippen molar-refractivity contribution in [2.75, 3.05) is 0 Å². The molecule has 0 radical (unpaired) electrons. The highest BCUT2D eigenvalue weighted by Gasteiger charge is 2.42. The molecule has 2 aromatic carbocycles. The third kappa shape index (κ3) is 3.70. The third-order valence-corrected chi connectivity index (χ3v) is 6.18. The van der Waals surface area contributed by atoms with Gasteiger partial charge in [0.1, 0.15) is 11.4 Å². The van der Waals surface area contributed by atoms with E-state index in [0.717, 1.165) is 22.3 Å². The van der Waals surface area contributed by atoms with Crippen molar-refractivity contribution in [3.8, 4) is 11.1 Å². The lowest BCUT2D eigenvalue weighted by atomic mass is 9.81. The number of benzene rings is 2. The largest absolute Gasteiger partial charge is 0.509 e. The predicted molar refractivity (Wildman–Crippen MR) is 117 cm³/mol. The van der Waals surface area contributed by atoms with Crippen LogP contribution in [0, 0.1) is 0 Å². The van der Waals surface area contributed by atoms with Crippen LogP contribution in [0.5, 0.6) is 0 Å². The molecule has 0 unspecified atom stereocenters. The van der Waals surface area contributed by atoms with E-state index in [1.807, 2.05) is 26.0 Å². The van der Waals surface area contributed by atoms with Crippen LogP contribution in [0.15, 0.2) is 42.2 Å². The minimum Gasteiger partial charge on any atom is -0.509 e. The van der Waals surface area contributed by atoms with Crippen molar-refractivity contribution in [2.24, 2.45) is 0 Å². The van der Waals surface area contributed by atoms with Gasteiger partial charge in [-0.1, -0.05) is 41.4 Å². The number of halogens is 2. The van der Waals surface area contributed by atoms with Gasteiger partial charge in [-0.3, -0.25) is 0 Å². The quantitative estimate of drug-likeness (QED) is 0.552. The third-order valence-electron chi connectivity index (χ3n) is 5.63. The molecule has 0 atom stereocenters. The van der Waals surface area contributed by atoms with Crippen molar-refractivity contribution in [1.82, 2.24) is 0 Å². The van der Waals surface area contributed by atoms with Crippen LogP contribution in [-0.4, -0.2) is 16.3 Å². The SMILES string of the molecule is CC1(C)CC(c2cc(-c3ccc(Cl)cc3Cl)ccc2C2CC2)=C(O)C(C)(C)O1. The van der Waals surface area contributed by atoms with Gasteiger partial charge in [0.15, 0.2) is 0 Å². The van der Waals surface area contributed by atoms with E-state index in [1.54, 1.807) is 6.07 Å². The molecule has 1 aliphatic carbocycles. The summed E-state index contributed by atoms with van der Waals surface area (Å²) in [5.74, 6) is 0.896. The molecule has 4 rings (SSSR count). The van der Waals surface area contributed by atoms with E-state index in [0.29, 0.717) is 28.1 Å². The Balaban J connectivity index is 1.90. The summed E-state index contributed by atoms with van der Waals surface area (Å²) in [5, 5.41) is 12.3. The normalized spacial score (nSPS) is 21.1. The minimum atomic E-state index is -0.716. The highest BCUT2D eigenvalue weighted by molar-refractivity contribution is 6.36. The van der Waals surface area contributed by atoms with E-state index in [2.05, 4.69) is 32.0 Å². The first-order valence-corrected chi connectivity index (χ1v) is 10.6. The number of aliphatic hydroxyl groups is 1. The van der Waals surface area contributed by atoms with Gasteiger partial charge in [-0.25, -0.2) is 0 Å². The first-order valence-electron chi connectivity index (χ1n) is 9.80. The van der Waals surface area contributed by atoms with E-state index < -0.39 is 5.60 Å². The highest BCUT2D eigenvalue weighted by atomic mass is 35.5. The van der Waals surface area contributed by atoms with Gasteiger partial charge in [0.25, 0.3) is 0 Å². The number of rotatable bonds is 3. The fourth-order valence-electron chi connectivity index (χ4n) is 4.33. The number of aliphatic hydroxyl groups excluding tert-OH is 1. The van der Waals surface area contributed by atoms with Crippen molar-refractivity contribution in [1.29, 1.82) is 0 Å². The second-order valence-electron chi connectivity index (χ2n) is 9.08. The second kappa shape index (κ2) is 6.79. The summed E-state index contributed by atoms with van der Waals surface area (Å²) in [6.07, 6.45) is 3.07. The summed E-state index contributed by atoms with van der Waals surface area (Å²) >= 11 is 12.5. The second-order valence-corrected chi connectivity index (χ2v) is 9.92. The van der Waals surface area contributed by atoms with Crippen LogP contribution < -0.4 is 0 Å². The lowest BCUT2D eigenvalue weighted by Crippen LogP contribution is -2.43. The fraction of sp³-hybridized carbons (Fsp3) is 0.417. The zero-order valence-corrected chi connectivity index (χ0v) is 18.3. The lowest BCUT2D eigenvalue weighted by Gasteiger charge is -2.42. The summed E-state index contributed by atoms with van der Waals surface area (Å²) in [7, 11) is 0. The molecule has 2 aromatic rings. The molecule has 4 heteroatoms. The van der Waals surface area contributed by atoms with Crippen LogP contribution in [0.4, 0.5) is 0 Å². The van der Waals surface area contributed by atoms with Gasteiger partial charge in [0.2, 0.25) is 0 Å². The molecular weight excluding hydrogens is 391 g/mol. The van der Waals surface area contributed by atoms with Crippen LogP contribution in [-0.2, 0) is 4.74 Å². The van der Waals surface area contributed by atoms with Crippen molar-refractivity contribution in [2.45, 2.75) is 64.1 Å². The summed E-state index contributed by atoms with van der Waals surface area (Å²) in [6, 6.07) is 12.1. The zero-order valence-electron chi connectivity index (χ0n) is 16.8.